The monoisotopic (exact) mass is 327 g/mol. The number of anilines is 1. The van der Waals surface area contributed by atoms with Gasteiger partial charge in [-0.1, -0.05) is 18.2 Å². The van der Waals surface area contributed by atoms with E-state index in [0.717, 1.165) is 15.4 Å². The van der Waals surface area contributed by atoms with Gasteiger partial charge in [0.15, 0.2) is 0 Å². The Kier molecular flexibility index (Phi) is 3.43. The smallest absolute Gasteiger partial charge is 0.258 e. The first-order valence-electron chi connectivity index (χ1n) is 6.00. The standard InChI is InChI=1S/C15H10BrN3O/c16-12-7-11(8-17-9-12)15(20)19-14-6-5-10-3-1-2-4-13(10)18-14/h1-9H,(H,18,19,20). The normalized spacial score (nSPS) is 10.4. The zero-order chi connectivity index (χ0) is 13.9. The molecule has 1 amide bonds. The van der Waals surface area contributed by atoms with Gasteiger partial charge in [0.05, 0.1) is 11.1 Å². The Morgan fingerprint density at radius 1 is 1.10 bits per heavy atom. The summed E-state index contributed by atoms with van der Waals surface area (Å²) in [7, 11) is 0. The van der Waals surface area contributed by atoms with Crippen LogP contribution in [0.5, 0.6) is 0 Å². The highest BCUT2D eigenvalue weighted by Crippen LogP contribution is 2.16. The molecule has 1 aromatic carbocycles. The van der Waals surface area contributed by atoms with Gasteiger partial charge in [0, 0.05) is 22.3 Å². The van der Waals surface area contributed by atoms with Gasteiger partial charge in [0.1, 0.15) is 5.82 Å². The number of nitrogens with one attached hydrogen (secondary N) is 1. The van der Waals surface area contributed by atoms with E-state index in [1.807, 2.05) is 30.3 Å². The lowest BCUT2D eigenvalue weighted by Crippen LogP contribution is -2.13. The lowest BCUT2D eigenvalue weighted by atomic mass is 10.2. The minimum absolute atomic E-state index is 0.235. The number of halogens is 1. The number of carbonyl (C=O) groups is 1. The minimum atomic E-state index is -0.235. The van der Waals surface area contributed by atoms with Gasteiger partial charge in [-0.15, -0.1) is 0 Å². The molecule has 0 atom stereocenters. The highest BCUT2D eigenvalue weighted by molar-refractivity contribution is 9.10. The lowest BCUT2D eigenvalue weighted by Gasteiger charge is -2.05. The fourth-order valence-electron chi connectivity index (χ4n) is 1.86. The lowest BCUT2D eigenvalue weighted by molar-refractivity contribution is 0.102. The van der Waals surface area contributed by atoms with E-state index in [1.54, 1.807) is 18.3 Å². The van der Waals surface area contributed by atoms with Gasteiger partial charge in [0.25, 0.3) is 5.91 Å². The third-order valence-electron chi connectivity index (χ3n) is 2.81. The highest BCUT2D eigenvalue weighted by atomic mass is 79.9. The average molecular weight is 328 g/mol. The van der Waals surface area contributed by atoms with Gasteiger partial charge in [-0.25, -0.2) is 4.98 Å². The number of amides is 1. The molecule has 0 fully saturated rings. The molecule has 0 saturated heterocycles. The third-order valence-corrected chi connectivity index (χ3v) is 3.24. The van der Waals surface area contributed by atoms with Crippen LogP contribution in [0.3, 0.4) is 0 Å². The van der Waals surface area contributed by atoms with Crippen molar-refractivity contribution in [2.45, 2.75) is 0 Å². The maximum atomic E-state index is 12.1. The maximum absolute atomic E-state index is 12.1. The molecule has 3 rings (SSSR count). The van der Waals surface area contributed by atoms with Crippen LogP contribution in [0.1, 0.15) is 10.4 Å². The SMILES string of the molecule is O=C(Nc1ccc2ccccc2n1)c1cncc(Br)c1. The van der Waals surface area contributed by atoms with Crippen LogP contribution in [0.15, 0.2) is 59.3 Å². The summed E-state index contributed by atoms with van der Waals surface area (Å²) in [5, 5.41) is 3.80. The number of pyridine rings is 2. The highest BCUT2D eigenvalue weighted by Gasteiger charge is 2.08. The summed E-state index contributed by atoms with van der Waals surface area (Å²) in [5.41, 5.74) is 1.33. The molecule has 98 valence electrons. The predicted octanol–water partition coefficient (Wildman–Crippen LogP) is 3.64. The van der Waals surface area contributed by atoms with Crippen molar-refractivity contribution < 1.29 is 4.79 Å². The van der Waals surface area contributed by atoms with Crippen molar-refractivity contribution in [1.82, 2.24) is 9.97 Å². The molecule has 2 aromatic heterocycles. The second-order valence-corrected chi connectivity index (χ2v) is 5.15. The molecule has 0 spiro atoms. The van der Waals surface area contributed by atoms with E-state index in [9.17, 15) is 4.79 Å². The Bertz CT molecular complexity index is 789. The molecule has 0 aliphatic rings. The Hall–Kier alpha value is -2.27. The number of hydrogen-bond acceptors (Lipinski definition) is 3. The Labute approximate surface area is 124 Å². The number of para-hydroxylation sites is 1. The first kappa shape index (κ1) is 12.7. The molecular formula is C15H10BrN3O. The van der Waals surface area contributed by atoms with Crippen LogP contribution in [0.2, 0.25) is 0 Å². The van der Waals surface area contributed by atoms with Crippen molar-refractivity contribution in [2.24, 2.45) is 0 Å². The number of rotatable bonds is 2. The Balaban J connectivity index is 1.87. The van der Waals surface area contributed by atoms with E-state index >= 15 is 0 Å². The summed E-state index contributed by atoms with van der Waals surface area (Å²) >= 11 is 3.29. The summed E-state index contributed by atoms with van der Waals surface area (Å²) in [4.78, 5) is 20.5. The van der Waals surface area contributed by atoms with E-state index in [4.69, 9.17) is 0 Å². The second kappa shape index (κ2) is 5.38. The van der Waals surface area contributed by atoms with Crippen LogP contribution in [-0.2, 0) is 0 Å². The summed E-state index contributed by atoms with van der Waals surface area (Å²) in [6.45, 7) is 0. The number of benzene rings is 1. The minimum Gasteiger partial charge on any atom is -0.306 e. The average Bonchev–Trinajstić information content (AvgIpc) is 2.47. The molecule has 1 N–H and O–H groups in total. The molecule has 0 bridgehead atoms. The van der Waals surface area contributed by atoms with Gasteiger partial charge in [-0.3, -0.25) is 9.78 Å². The predicted molar refractivity (Wildman–Crippen MR) is 81.6 cm³/mol. The molecule has 3 aromatic rings. The van der Waals surface area contributed by atoms with Crippen molar-refractivity contribution in [3.63, 3.8) is 0 Å². The summed E-state index contributed by atoms with van der Waals surface area (Å²) in [6, 6.07) is 13.2. The van der Waals surface area contributed by atoms with Crippen LogP contribution >= 0.6 is 15.9 Å². The maximum Gasteiger partial charge on any atom is 0.258 e. The summed E-state index contributed by atoms with van der Waals surface area (Å²) < 4.78 is 0.761. The molecule has 0 unspecified atom stereocenters. The zero-order valence-corrected chi connectivity index (χ0v) is 12.0. The molecular weight excluding hydrogens is 318 g/mol. The largest absolute Gasteiger partial charge is 0.306 e. The molecule has 0 saturated carbocycles. The molecule has 20 heavy (non-hydrogen) atoms. The van der Waals surface area contributed by atoms with E-state index in [-0.39, 0.29) is 5.91 Å². The topological polar surface area (TPSA) is 54.9 Å². The molecule has 2 heterocycles. The van der Waals surface area contributed by atoms with Crippen LogP contribution in [0.4, 0.5) is 5.82 Å². The van der Waals surface area contributed by atoms with Crippen LogP contribution in [-0.4, -0.2) is 15.9 Å². The second-order valence-electron chi connectivity index (χ2n) is 4.24. The van der Waals surface area contributed by atoms with E-state index in [1.165, 1.54) is 6.20 Å². The van der Waals surface area contributed by atoms with E-state index in [2.05, 4.69) is 31.2 Å². The molecule has 0 radical (unpaired) electrons. The molecule has 4 nitrogen and oxygen atoms in total. The molecule has 5 heteroatoms. The first-order valence-corrected chi connectivity index (χ1v) is 6.79. The summed E-state index contributed by atoms with van der Waals surface area (Å²) in [5.74, 6) is 0.287. The van der Waals surface area contributed by atoms with E-state index < -0.39 is 0 Å². The number of nitrogens with zero attached hydrogens (tertiary/aromatic N) is 2. The van der Waals surface area contributed by atoms with Crippen molar-refractivity contribution in [2.75, 3.05) is 5.32 Å². The molecule has 0 aliphatic heterocycles. The number of fused-ring (bicyclic) bond motifs is 1. The van der Waals surface area contributed by atoms with Gasteiger partial charge >= 0.3 is 0 Å². The summed E-state index contributed by atoms with van der Waals surface area (Å²) in [6.07, 6.45) is 3.15. The quantitative estimate of drug-likeness (QED) is 0.781. The fourth-order valence-corrected chi connectivity index (χ4v) is 2.23. The number of carbonyl (C=O) groups excluding carboxylic acids is 1. The van der Waals surface area contributed by atoms with Crippen molar-refractivity contribution >= 4 is 38.6 Å². The van der Waals surface area contributed by atoms with Gasteiger partial charge < -0.3 is 5.32 Å². The van der Waals surface area contributed by atoms with Crippen LogP contribution in [0, 0.1) is 0 Å². The zero-order valence-electron chi connectivity index (χ0n) is 10.4. The first-order chi connectivity index (χ1) is 9.72. The Morgan fingerprint density at radius 3 is 2.80 bits per heavy atom. The number of hydrogen-bond donors (Lipinski definition) is 1. The Morgan fingerprint density at radius 2 is 1.95 bits per heavy atom. The van der Waals surface area contributed by atoms with Gasteiger partial charge in [0.2, 0.25) is 0 Å². The third kappa shape index (κ3) is 2.67. The van der Waals surface area contributed by atoms with Crippen LogP contribution < -0.4 is 5.32 Å². The van der Waals surface area contributed by atoms with Crippen molar-refractivity contribution in [3.05, 3.63) is 64.9 Å². The van der Waals surface area contributed by atoms with Crippen molar-refractivity contribution in [1.29, 1.82) is 0 Å². The van der Waals surface area contributed by atoms with Gasteiger partial charge in [-0.2, -0.15) is 0 Å². The van der Waals surface area contributed by atoms with Crippen LogP contribution in [0.25, 0.3) is 10.9 Å². The van der Waals surface area contributed by atoms with Gasteiger partial charge in [-0.05, 0) is 40.2 Å². The fraction of sp³-hybridized carbons (Fsp3) is 0. The van der Waals surface area contributed by atoms with E-state index in [0.29, 0.717) is 11.4 Å². The number of aromatic nitrogens is 2. The molecule has 0 aliphatic carbocycles. The van der Waals surface area contributed by atoms with Crippen molar-refractivity contribution in [3.8, 4) is 0 Å².